The number of carbonyl (C=O) groups is 1. The maximum atomic E-state index is 11.7. The average molecular weight is 235 g/mol. The first-order valence-electron chi connectivity index (χ1n) is 6.14. The number of phenols is 1. The summed E-state index contributed by atoms with van der Waals surface area (Å²) in [6, 6.07) is 3.49. The average Bonchev–Trinajstić information content (AvgIpc) is 2.26. The second kappa shape index (κ2) is 6.28. The Morgan fingerprint density at radius 3 is 2.59 bits per heavy atom. The largest absolute Gasteiger partial charge is 0.508 e. The van der Waals surface area contributed by atoms with Crippen molar-refractivity contribution in [3.05, 3.63) is 23.3 Å². The molecule has 1 rings (SSSR count). The van der Waals surface area contributed by atoms with Crippen LogP contribution in [-0.2, 0) is 4.79 Å². The van der Waals surface area contributed by atoms with E-state index in [9.17, 15) is 9.90 Å². The Morgan fingerprint density at radius 2 is 1.94 bits per heavy atom. The van der Waals surface area contributed by atoms with Crippen molar-refractivity contribution in [3.8, 4) is 5.75 Å². The minimum atomic E-state index is 0.0478. The molecule has 3 nitrogen and oxygen atoms in total. The van der Waals surface area contributed by atoms with Gasteiger partial charge in [0, 0.05) is 12.1 Å². The molecule has 0 bridgehead atoms. The lowest BCUT2D eigenvalue weighted by molar-refractivity contribution is -0.116. The molecule has 1 amide bonds. The van der Waals surface area contributed by atoms with Crippen LogP contribution in [0.25, 0.3) is 0 Å². The van der Waals surface area contributed by atoms with Crippen LogP contribution in [0.15, 0.2) is 12.1 Å². The second-order valence-electron chi connectivity index (χ2n) is 4.46. The minimum absolute atomic E-state index is 0.0478. The number of anilines is 1. The third kappa shape index (κ3) is 4.10. The number of aromatic hydroxyl groups is 1. The number of nitrogens with one attached hydrogen (secondary N) is 1. The standard InChI is InChI=1S/C14H21NO2/c1-4-5-6-7-14(17)15-12-8-11(3)13(16)9-10(12)2/h8-9,16H,4-7H2,1-3H3,(H,15,17). The Hall–Kier alpha value is -1.51. The van der Waals surface area contributed by atoms with Gasteiger partial charge in [-0.25, -0.2) is 0 Å². The van der Waals surface area contributed by atoms with E-state index < -0.39 is 0 Å². The summed E-state index contributed by atoms with van der Waals surface area (Å²) in [6.07, 6.45) is 3.69. The molecule has 0 saturated heterocycles. The molecular formula is C14H21NO2. The van der Waals surface area contributed by atoms with E-state index in [1.807, 2.05) is 19.9 Å². The van der Waals surface area contributed by atoms with E-state index in [-0.39, 0.29) is 11.7 Å². The number of phenolic OH excluding ortho intramolecular Hbond substituents is 1. The number of unbranched alkanes of at least 4 members (excludes halogenated alkanes) is 2. The second-order valence-corrected chi connectivity index (χ2v) is 4.46. The zero-order valence-corrected chi connectivity index (χ0v) is 10.8. The normalized spacial score (nSPS) is 10.3. The topological polar surface area (TPSA) is 49.3 Å². The Labute approximate surface area is 103 Å². The Bertz CT molecular complexity index is 399. The fourth-order valence-electron chi connectivity index (χ4n) is 1.68. The molecule has 0 unspecified atom stereocenters. The molecule has 0 atom stereocenters. The van der Waals surface area contributed by atoms with Crippen LogP contribution in [-0.4, -0.2) is 11.0 Å². The number of amides is 1. The Morgan fingerprint density at radius 1 is 1.24 bits per heavy atom. The van der Waals surface area contributed by atoms with Crippen LogP contribution in [0, 0.1) is 13.8 Å². The van der Waals surface area contributed by atoms with Crippen LogP contribution in [0.5, 0.6) is 5.75 Å². The van der Waals surface area contributed by atoms with E-state index >= 15 is 0 Å². The maximum absolute atomic E-state index is 11.7. The van der Waals surface area contributed by atoms with Crippen LogP contribution in [0.3, 0.4) is 0 Å². The van der Waals surface area contributed by atoms with Crippen LogP contribution < -0.4 is 5.32 Å². The monoisotopic (exact) mass is 235 g/mol. The number of carbonyl (C=O) groups excluding carboxylic acids is 1. The highest BCUT2D eigenvalue weighted by molar-refractivity contribution is 5.91. The maximum Gasteiger partial charge on any atom is 0.224 e. The first-order valence-corrected chi connectivity index (χ1v) is 6.14. The van der Waals surface area contributed by atoms with Gasteiger partial charge in [0.05, 0.1) is 0 Å². The molecular weight excluding hydrogens is 214 g/mol. The molecule has 0 aliphatic rings. The van der Waals surface area contributed by atoms with E-state index in [2.05, 4.69) is 12.2 Å². The molecule has 0 fully saturated rings. The molecule has 0 radical (unpaired) electrons. The molecule has 0 aliphatic carbocycles. The molecule has 1 aromatic rings. The van der Waals surface area contributed by atoms with Gasteiger partial charge in [-0.05, 0) is 43.5 Å². The predicted molar refractivity (Wildman–Crippen MR) is 70.4 cm³/mol. The van der Waals surface area contributed by atoms with Crippen molar-refractivity contribution < 1.29 is 9.90 Å². The highest BCUT2D eigenvalue weighted by atomic mass is 16.3. The highest BCUT2D eigenvalue weighted by Crippen LogP contribution is 2.25. The van der Waals surface area contributed by atoms with Crippen LogP contribution in [0.4, 0.5) is 5.69 Å². The van der Waals surface area contributed by atoms with E-state index in [4.69, 9.17) is 0 Å². The molecule has 94 valence electrons. The van der Waals surface area contributed by atoms with Crippen molar-refractivity contribution in [3.63, 3.8) is 0 Å². The van der Waals surface area contributed by atoms with Crippen LogP contribution in [0.1, 0.15) is 43.7 Å². The molecule has 0 saturated carbocycles. The quantitative estimate of drug-likeness (QED) is 0.606. The van der Waals surface area contributed by atoms with E-state index in [0.29, 0.717) is 6.42 Å². The summed E-state index contributed by atoms with van der Waals surface area (Å²) in [4.78, 5) is 11.7. The Kier molecular flexibility index (Phi) is 5.01. The molecule has 1 aromatic carbocycles. The van der Waals surface area contributed by atoms with Crippen LogP contribution >= 0.6 is 0 Å². The first kappa shape index (κ1) is 13.6. The molecule has 17 heavy (non-hydrogen) atoms. The van der Waals surface area contributed by atoms with E-state index in [1.165, 1.54) is 0 Å². The Balaban J connectivity index is 2.62. The smallest absolute Gasteiger partial charge is 0.224 e. The van der Waals surface area contributed by atoms with Crippen molar-refractivity contribution in [1.82, 2.24) is 0 Å². The summed E-state index contributed by atoms with van der Waals surface area (Å²) >= 11 is 0. The summed E-state index contributed by atoms with van der Waals surface area (Å²) in [5.41, 5.74) is 2.46. The third-order valence-electron chi connectivity index (χ3n) is 2.82. The van der Waals surface area contributed by atoms with Crippen molar-refractivity contribution >= 4 is 11.6 Å². The zero-order chi connectivity index (χ0) is 12.8. The highest BCUT2D eigenvalue weighted by Gasteiger charge is 2.07. The molecule has 0 heterocycles. The van der Waals surface area contributed by atoms with Gasteiger partial charge in [0.1, 0.15) is 5.75 Å². The number of benzene rings is 1. The molecule has 0 spiro atoms. The van der Waals surface area contributed by atoms with Crippen molar-refractivity contribution in [2.75, 3.05) is 5.32 Å². The van der Waals surface area contributed by atoms with E-state index in [0.717, 1.165) is 36.1 Å². The lowest BCUT2D eigenvalue weighted by Crippen LogP contribution is -2.12. The van der Waals surface area contributed by atoms with Crippen LogP contribution in [0.2, 0.25) is 0 Å². The van der Waals surface area contributed by atoms with Gasteiger partial charge in [-0.3, -0.25) is 4.79 Å². The molecule has 2 N–H and O–H groups in total. The predicted octanol–water partition coefficient (Wildman–Crippen LogP) is 3.53. The van der Waals surface area contributed by atoms with Gasteiger partial charge < -0.3 is 10.4 Å². The van der Waals surface area contributed by atoms with Gasteiger partial charge in [0.15, 0.2) is 0 Å². The fraction of sp³-hybridized carbons (Fsp3) is 0.500. The summed E-state index contributed by atoms with van der Waals surface area (Å²) in [5, 5.41) is 12.4. The number of aryl methyl sites for hydroxylation is 2. The lowest BCUT2D eigenvalue weighted by atomic mass is 10.1. The molecule has 0 aliphatic heterocycles. The number of hydrogen-bond donors (Lipinski definition) is 2. The van der Waals surface area contributed by atoms with Crippen molar-refractivity contribution in [1.29, 1.82) is 0 Å². The zero-order valence-electron chi connectivity index (χ0n) is 10.8. The van der Waals surface area contributed by atoms with E-state index in [1.54, 1.807) is 6.07 Å². The number of rotatable bonds is 5. The van der Waals surface area contributed by atoms with Gasteiger partial charge in [-0.15, -0.1) is 0 Å². The van der Waals surface area contributed by atoms with Gasteiger partial charge >= 0.3 is 0 Å². The summed E-state index contributed by atoms with van der Waals surface area (Å²) < 4.78 is 0. The fourth-order valence-corrected chi connectivity index (χ4v) is 1.68. The summed E-state index contributed by atoms with van der Waals surface area (Å²) in [7, 11) is 0. The van der Waals surface area contributed by atoms with Crippen molar-refractivity contribution in [2.45, 2.75) is 46.5 Å². The molecule has 3 heteroatoms. The SMILES string of the molecule is CCCCCC(=O)Nc1cc(C)c(O)cc1C. The minimum Gasteiger partial charge on any atom is -0.508 e. The van der Waals surface area contributed by atoms with Crippen molar-refractivity contribution in [2.24, 2.45) is 0 Å². The number of hydrogen-bond acceptors (Lipinski definition) is 2. The van der Waals surface area contributed by atoms with Gasteiger partial charge in [0.25, 0.3) is 0 Å². The van der Waals surface area contributed by atoms with Gasteiger partial charge in [0.2, 0.25) is 5.91 Å². The molecule has 0 aromatic heterocycles. The van der Waals surface area contributed by atoms with Gasteiger partial charge in [-0.2, -0.15) is 0 Å². The summed E-state index contributed by atoms with van der Waals surface area (Å²) in [5.74, 6) is 0.318. The lowest BCUT2D eigenvalue weighted by Gasteiger charge is -2.10. The summed E-state index contributed by atoms with van der Waals surface area (Å²) in [6.45, 7) is 5.81. The third-order valence-corrected chi connectivity index (χ3v) is 2.82. The van der Waals surface area contributed by atoms with Gasteiger partial charge in [-0.1, -0.05) is 19.8 Å². The first-order chi connectivity index (χ1) is 8.04.